The summed E-state index contributed by atoms with van der Waals surface area (Å²) in [6, 6.07) is 10.3. The van der Waals surface area contributed by atoms with Crippen LogP contribution in [-0.2, 0) is 0 Å². The van der Waals surface area contributed by atoms with E-state index in [9.17, 15) is 0 Å². The van der Waals surface area contributed by atoms with Crippen molar-refractivity contribution >= 4 is 22.2 Å². The summed E-state index contributed by atoms with van der Waals surface area (Å²) < 4.78 is 2.14. The Morgan fingerprint density at radius 2 is 1.93 bits per heavy atom. The van der Waals surface area contributed by atoms with E-state index in [1.807, 2.05) is 18.5 Å². The molecule has 1 saturated heterocycles. The predicted octanol–water partition coefficient (Wildman–Crippen LogP) is 3.34. The number of hydrogen-bond acceptors (Lipinski definition) is 5. The second-order valence-electron chi connectivity index (χ2n) is 7.34. The summed E-state index contributed by atoms with van der Waals surface area (Å²) in [5, 5.41) is 1.12. The Bertz CT molecular complexity index is 1120. The molecule has 0 amide bonds. The van der Waals surface area contributed by atoms with Gasteiger partial charge >= 0.3 is 0 Å². The van der Waals surface area contributed by atoms with Crippen molar-refractivity contribution in [2.75, 3.05) is 25.9 Å². The first-order valence-corrected chi connectivity index (χ1v) is 9.37. The van der Waals surface area contributed by atoms with Crippen LogP contribution in [0.3, 0.4) is 0 Å². The van der Waals surface area contributed by atoms with Gasteiger partial charge in [-0.2, -0.15) is 0 Å². The number of benzene rings is 1. The van der Waals surface area contributed by atoms with Gasteiger partial charge in [-0.15, -0.1) is 0 Å². The zero-order valence-electron chi connectivity index (χ0n) is 15.3. The molecule has 0 bridgehead atoms. The molecule has 4 heterocycles. The maximum absolute atomic E-state index is 6.28. The van der Waals surface area contributed by atoms with Gasteiger partial charge in [0.25, 0.3) is 0 Å². The van der Waals surface area contributed by atoms with E-state index in [-0.39, 0.29) is 0 Å². The molecule has 5 rings (SSSR count). The van der Waals surface area contributed by atoms with E-state index in [1.165, 1.54) is 0 Å². The molecular weight excluding hydrogens is 336 g/mol. The number of nitrogens with zero attached hydrogens (tertiary/aromatic N) is 5. The van der Waals surface area contributed by atoms with Gasteiger partial charge in [0, 0.05) is 35.5 Å². The molecule has 1 aromatic carbocycles. The van der Waals surface area contributed by atoms with Crippen LogP contribution in [0.25, 0.3) is 27.7 Å². The first-order valence-electron chi connectivity index (χ1n) is 9.37. The fourth-order valence-corrected chi connectivity index (χ4v) is 4.06. The number of likely N-dealkylation sites (tertiary alicyclic amines) is 1. The van der Waals surface area contributed by atoms with Gasteiger partial charge in [0.1, 0.15) is 22.9 Å². The van der Waals surface area contributed by atoms with Gasteiger partial charge in [-0.1, -0.05) is 18.2 Å². The van der Waals surface area contributed by atoms with Gasteiger partial charge in [0.05, 0.1) is 5.52 Å². The van der Waals surface area contributed by atoms with Crippen molar-refractivity contribution in [1.29, 1.82) is 0 Å². The van der Waals surface area contributed by atoms with Gasteiger partial charge in [-0.25, -0.2) is 9.97 Å². The maximum atomic E-state index is 6.28. The van der Waals surface area contributed by atoms with Crippen LogP contribution in [0, 0.1) is 0 Å². The van der Waals surface area contributed by atoms with Gasteiger partial charge in [-0.3, -0.25) is 9.38 Å². The molecule has 1 fully saturated rings. The molecule has 6 heteroatoms. The molecule has 136 valence electrons. The van der Waals surface area contributed by atoms with Crippen molar-refractivity contribution in [3.05, 3.63) is 54.7 Å². The Kier molecular flexibility index (Phi) is 3.79. The number of nitrogens with two attached hydrogens (primary N) is 1. The Balaban J connectivity index is 1.69. The summed E-state index contributed by atoms with van der Waals surface area (Å²) >= 11 is 0. The average molecular weight is 358 g/mol. The van der Waals surface area contributed by atoms with Crippen LogP contribution < -0.4 is 5.73 Å². The van der Waals surface area contributed by atoms with Crippen LogP contribution in [0.1, 0.15) is 24.6 Å². The summed E-state index contributed by atoms with van der Waals surface area (Å²) in [6.45, 7) is 2.19. The molecule has 2 N–H and O–H groups in total. The van der Waals surface area contributed by atoms with Crippen LogP contribution in [0.4, 0.5) is 5.82 Å². The monoisotopic (exact) mass is 358 g/mol. The van der Waals surface area contributed by atoms with E-state index in [0.29, 0.717) is 11.7 Å². The number of rotatable bonds is 2. The van der Waals surface area contributed by atoms with Crippen LogP contribution >= 0.6 is 0 Å². The summed E-state index contributed by atoms with van der Waals surface area (Å²) in [7, 11) is 2.18. The fraction of sp³-hybridized carbons (Fsp3) is 0.286. The van der Waals surface area contributed by atoms with Crippen molar-refractivity contribution in [3.8, 4) is 11.3 Å². The summed E-state index contributed by atoms with van der Waals surface area (Å²) in [4.78, 5) is 16.3. The number of hydrogen-bond donors (Lipinski definition) is 1. The lowest BCUT2D eigenvalue weighted by molar-refractivity contribution is 0.251. The minimum atomic E-state index is 0.433. The van der Waals surface area contributed by atoms with Crippen molar-refractivity contribution in [3.63, 3.8) is 0 Å². The first kappa shape index (κ1) is 16.2. The molecule has 0 saturated carbocycles. The third-order valence-corrected chi connectivity index (χ3v) is 5.57. The second-order valence-corrected chi connectivity index (χ2v) is 7.34. The van der Waals surface area contributed by atoms with Crippen LogP contribution in [0.15, 0.2) is 48.9 Å². The topological polar surface area (TPSA) is 72.3 Å². The normalized spacial score (nSPS) is 16.3. The summed E-state index contributed by atoms with van der Waals surface area (Å²) in [5.74, 6) is 2.03. The van der Waals surface area contributed by atoms with E-state index >= 15 is 0 Å². The number of pyridine rings is 1. The molecule has 4 aromatic rings. The number of anilines is 1. The number of nitrogen functional groups attached to an aromatic ring is 1. The van der Waals surface area contributed by atoms with Crippen LogP contribution in [-0.4, -0.2) is 44.4 Å². The van der Waals surface area contributed by atoms with E-state index in [1.54, 1.807) is 6.20 Å². The van der Waals surface area contributed by atoms with E-state index in [2.05, 4.69) is 50.6 Å². The lowest BCUT2D eigenvalue weighted by Crippen LogP contribution is -2.29. The van der Waals surface area contributed by atoms with Crippen LogP contribution in [0.5, 0.6) is 0 Å². The third kappa shape index (κ3) is 2.73. The highest BCUT2D eigenvalue weighted by atomic mass is 15.1. The number of aromatic nitrogens is 4. The fourth-order valence-electron chi connectivity index (χ4n) is 4.06. The number of imidazole rings is 1. The number of piperidine rings is 1. The SMILES string of the molecule is CN1CCC(c2nc(-c3ccc4cccnc4c3)c3c(N)nccn23)CC1. The maximum Gasteiger partial charge on any atom is 0.150 e. The second kappa shape index (κ2) is 6.32. The molecule has 0 radical (unpaired) electrons. The molecule has 6 nitrogen and oxygen atoms in total. The molecule has 1 aliphatic rings. The summed E-state index contributed by atoms with van der Waals surface area (Å²) in [5.41, 5.74) is 10.0. The van der Waals surface area contributed by atoms with Gasteiger partial charge in [-0.05, 0) is 45.1 Å². The molecule has 0 aliphatic carbocycles. The predicted molar refractivity (Wildman–Crippen MR) is 108 cm³/mol. The zero-order valence-corrected chi connectivity index (χ0v) is 15.3. The van der Waals surface area contributed by atoms with Crippen molar-refractivity contribution in [1.82, 2.24) is 24.3 Å². The highest BCUT2D eigenvalue weighted by Gasteiger charge is 2.25. The first-order chi connectivity index (χ1) is 13.2. The Morgan fingerprint density at radius 1 is 1.07 bits per heavy atom. The zero-order chi connectivity index (χ0) is 18.4. The van der Waals surface area contributed by atoms with E-state index in [4.69, 9.17) is 10.7 Å². The lowest BCUT2D eigenvalue weighted by Gasteiger charge is -2.28. The molecule has 27 heavy (non-hydrogen) atoms. The van der Waals surface area contributed by atoms with Gasteiger partial charge in [0.2, 0.25) is 0 Å². The number of fused-ring (bicyclic) bond motifs is 2. The smallest absolute Gasteiger partial charge is 0.150 e. The largest absolute Gasteiger partial charge is 0.382 e. The standard InChI is InChI=1S/C21H22N6/c1-26-10-6-15(7-11-26)21-25-18(19-20(22)24-9-12-27(19)21)16-5-4-14-3-2-8-23-17(14)13-16/h2-5,8-9,12-13,15H,6-7,10-11H2,1H3,(H2,22,24). The van der Waals surface area contributed by atoms with Gasteiger partial charge < -0.3 is 10.6 Å². The third-order valence-electron chi connectivity index (χ3n) is 5.57. The molecule has 0 atom stereocenters. The lowest BCUT2D eigenvalue weighted by atomic mass is 9.96. The Morgan fingerprint density at radius 3 is 2.78 bits per heavy atom. The minimum Gasteiger partial charge on any atom is -0.382 e. The average Bonchev–Trinajstić information content (AvgIpc) is 3.09. The highest BCUT2D eigenvalue weighted by Crippen LogP contribution is 2.34. The molecule has 3 aromatic heterocycles. The molecule has 1 aliphatic heterocycles. The summed E-state index contributed by atoms with van der Waals surface area (Å²) in [6.07, 6.45) is 7.77. The Hall–Kier alpha value is -2.99. The highest BCUT2D eigenvalue weighted by molar-refractivity contribution is 5.90. The van der Waals surface area contributed by atoms with E-state index in [0.717, 1.165) is 59.4 Å². The minimum absolute atomic E-state index is 0.433. The molecule has 0 spiro atoms. The van der Waals surface area contributed by atoms with E-state index < -0.39 is 0 Å². The van der Waals surface area contributed by atoms with Crippen molar-refractivity contribution in [2.45, 2.75) is 18.8 Å². The Labute approximate surface area is 157 Å². The molecular formula is C21H22N6. The van der Waals surface area contributed by atoms with Crippen molar-refractivity contribution in [2.24, 2.45) is 0 Å². The van der Waals surface area contributed by atoms with Gasteiger partial charge in [0.15, 0.2) is 0 Å². The molecule has 0 unspecified atom stereocenters. The quantitative estimate of drug-likeness (QED) is 0.595. The van der Waals surface area contributed by atoms with Crippen LogP contribution in [0.2, 0.25) is 0 Å². The van der Waals surface area contributed by atoms with Crippen molar-refractivity contribution < 1.29 is 0 Å².